The maximum atomic E-state index is 12.1. The van der Waals surface area contributed by atoms with Crippen LogP contribution in [0.3, 0.4) is 0 Å². The van der Waals surface area contributed by atoms with Gasteiger partial charge in [0.1, 0.15) is 0 Å². The zero-order valence-electron chi connectivity index (χ0n) is 10.6. The molecule has 0 aromatic heterocycles. The Bertz CT molecular complexity index is 586. The average Bonchev–Trinajstić information content (AvgIpc) is 2.75. The number of rotatable bonds is 3. The van der Waals surface area contributed by atoms with Gasteiger partial charge in [0.05, 0.1) is 10.8 Å². The van der Waals surface area contributed by atoms with E-state index in [9.17, 15) is 13.2 Å². The lowest BCUT2D eigenvalue weighted by atomic mass is 9.97. The van der Waals surface area contributed by atoms with E-state index < -0.39 is 10.0 Å². The monoisotopic (exact) mass is 283 g/mol. The molecular weight excluding hydrogens is 266 g/mol. The van der Waals surface area contributed by atoms with E-state index in [4.69, 9.17) is 5.14 Å². The second kappa shape index (κ2) is 5.28. The van der Waals surface area contributed by atoms with Crippen molar-refractivity contribution in [2.45, 2.75) is 11.8 Å². The van der Waals surface area contributed by atoms with Gasteiger partial charge in [-0.2, -0.15) is 0 Å². The number of primary sulfonamides is 1. The third-order valence-electron chi connectivity index (χ3n) is 3.28. The first kappa shape index (κ1) is 14.0. The molecule has 1 saturated heterocycles. The Hall–Kier alpha value is -1.44. The van der Waals surface area contributed by atoms with E-state index in [1.807, 2.05) is 6.92 Å². The zero-order chi connectivity index (χ0) is 14.0. The summed E-state index contributed by atoms with van der Waals surface area (Å²) >= 11 is 0. The van der Waals surface area contributed by atoms with Gasteiger partial charge in [0, 0.05) is 12.2 Å². The summed E-state index contributed by atoms with van der Waals surface area (Å²) in [5.41, 5.74) is 0.440. The molecule has 104 valence electrons. The molecule has 0 radical (unpaired) electrons. The lowest BCUT2D eigenvalue weighted by molar-refractivity contribution is -0.120. The van der Waals surface area contributed by atoms with Crippen molar-refractivity contribution < 1.29 is 13.2 Å². The van der Waals surface area contributed by atoms with Crippen LogP contribution in [0.5, 0.6) is 0 Å². The molecule has 1 aliphatic rings. The van der Waals surface area contributed by atoms with E-state index in [-0.39, 0.29) is 22.6 Å². The summed E-state index contributed by atoms with van der Waals surface area (Å²) in [7, 11) is -3.75. The molecule has 4 N–H and O–H groups in total. The van der Waals surface area contributed by atoms with Gasteiger partial charge in [-0.1, -0.05) is 13.0 Å². The predicted octanol–water partition coefficient (Wildman–Crippen LogP) is 0.128. The highest BCUT2D eigenvalue weighted by Crippen LogP contribution is 2.19. The summed E-state index contributed by atoms with van der Waals surface area (Å²) < 4.78 is 22.5. The van der Waals surface area contributed by atoms with Crippen molar-refractivity contribution in [2.75, 3.05) is 18.4 Å². The molecule has 1 amide bonds. The minimum Gasteiger partial charge on any atom is -0.326 e. The summed E-state index contributed by atoms with van der Waals surface area (Å²) in [4.78, 5) is 12.0. The van der Waals surface area contributed by atoms with Crippen molar-refractivity contribution in [1.29, 1.82) is 0 Å². The Labute approximate surface area is 112 Å². The number of carbonyl (C=O) groups excluding carboxylic acids is 1. The van der Waals surface area contributed by atoms with Gasteiger partial charge in [-0.15, -0.1) is 0 Å². The first-order valence-electron chi connectivity index (χ1n) is 6.02. The highest BCUT2D eigenvalue weighted by Gasteiger charge is 2.29. The number of hydrogen-bond donors (Lipinski definition) is 3. The Morgan fingerprint density at radius 2 is 2.16 bits per heavy atom. The van der Waals surface area contributed by atoms with E-state index in [0.29, 0.717) is 12.2 Å². The van der Waals surface area contributed by atoms with E-state index in [0.717, 1.165) is 6.54 Å². The summed E-state index contributed by atoms with van der Waals surface area (Å²) in [5.74, 6) is 0.0589. The smallest absolute Gasteiger partial charge is 0.238 e. The van der Waals surface area contributed by atoms with Crippen molar-refractivity contribution in [1.82, 2.24) is 5.32 Å². The summed E-state index contributed by atoms with van der Waals surface area (Å²) in [5, 5.41) is 10.9. The largest absolute Gasteiger partial charge is 0.326 e. The van der Waals surface area contributed by atoms with Crippen LogP contribution in [0, 0.1) is 11.8 Å². The molecule has 2 rings (SSSR count). The van der Waals surface area contributed by atoms with Crippen LogP contribution in [-0.4, -0.2) is 27.4 Å². The summed E-state index contributed by atoms with van der Waals surface area (Å²) in [6.07, 6.45) is 0. The number of carbonyl (C=O) groups is 1. The second-order valence-electron chi connectivity index (χ2n) is 4.80. The Morgan fingerprint density at radius 1 is 1.42 bits per heavy atom. The number of benzene rings is 1. The highest BCUT2D eigenvalue weighted by atomic mass is 32.2. The maximum absolute atomic E-state index is 12.1. The minimum atomic E-state index is -3.75. The van der Waals surface area contributed by atoms with Crippen molar-refractivity contribution >= 4 is 21.6 Å². The van der Waals surface area contributed by atoms with Crippen molar-refractivity contribution in [3.63, 3.8) is 0 Å². The Kier molecular flexibility index (Phi) is 3.88. The van der Waals surface area contributed by atoms with Crippen LogP contribution in [-0.2, 0) is 14.8 Å². The van der Waals surface area contributed by atoms with Gasteiger partial charge >= 0.3 is 0 Å². The lowest BCUT2D eigenvalue weighted by Gasteiger charge is -2.14. The first-order valence-corrected chi connectivity index (χ1v) is 7.57. The highest BCUT2D eigenvalue weighted by molar-refractivity contribution is 7.89. The topological polar surface area (TPSA) is 101 Å². The van der Waals surface area contributed by atoms with Gasteiger partial charge in [0.2, 0.25) is 15.9 Å². The van der Waals surface area contributed by atoms with Crippen LogP contribution in [0.15, 0.2) is 29.2 Å². The molecular formula is C12H17N3O3S. The Morgan fingerprint density at radius 3 is 2.74 bits per heavy atom. The van der Waals surface area contributed by atoms with Crippen molar-refractivity contribution in [3.8, 4) is 0 Å². The van der Waals surface area contributed by atoms with Crippen LogP contribution in [0.1, 0.15) is 6.92 Å². The third-order valence-corrected chi connectivity index (χ3v) is 4.20. The SMILES string of the molecule is C[C@@H]1CNC[C@H]1C(=O)Nc1cccc(S(N)(=O)=O)c1. The zero-order valence-corrected chi connectivity index (χ0v) is 11.4. The fourth-order valence-corrected chi connectivity index (χ4v) is 2.71. The maximum Gasteiger partial charge on any atom is 0.238 e. The standard InChI is InChI=1S/C12H17N3O3S/c1-8-6-14-7-11(8)12(16)15-9-3-2-4-10(5-9)19(13,17)18/h2-5,8,11,14H,6-7H2,1H3,(H,15,16)(H2,13,17,18)/t8-,11-/m1/s1. The summed E-state index contributed by atoms with van der Waals surface area (Å²) in [6, 6.07) is 5.94. The molecule has 1 fully saturated rings. The number of hydrogen-bond acceptors (Lipinski definition) is 4. The average molecular weight is 283 g/mol. The molecule has 7 heteroatoms. The van der Waals surface area contributed by atoms with Crippen LogP contribution in [0.4, 0.5) is 5.69 Å². The van der Waals surface area contributed by atoms with Crippen LogP contribution in [0.2, 0.25) is 0 Å². The molecule has 1 heterocycles. The fourth-order valence-electron chi connectivity index (χ4n) is 2.15. The lowest BCUT2D eigenvalue weighted by Crippen LogP contribution is -2.27. The quantitative estimate of drug-likeness (QED) is 0.733. The van der Waals surface area contributed by atoms with Gasteiger partial charge in [-0.05, 0) is 30.7 Å². The van der Waals surface area contributed by atoms with E-state index in [2.05, 4.69) is 10.6 Å². The Balaban J connectivity index is 2.13. The fraction of sp³-hybridized carbons (Fsp3) is 0.417. The third kappa shape index (κ3) is 3.31. The van der Waals surface area contributed by atoms with Crippen LogP contribution < -0.4 is 15.8 Å². The van der Waals surface area contributed by atoms with E-state index in [1.54, 1.807) is 12.1 Å². The summed E-state index contributed by atoms with van der Waals surface area (Å²) in [6.45, 7) is 3.46. The van der Waals surface area contributed by atoms with Gasteiger partial charge in [-0.3, -0.25) is 4.79 Å². The molecule has 0 unspecified atom stereocenters. The minimum absolute atomic E-state index is 0.0112. The number of nitrogens with two attached hydrogens (primary N) is 1. The molecule has 19 heavy (non-hydrogen) atoms. The van der Waals surface area contributed by atoms with E-state index in [1.165, 1.54) is 12.1 Å². The van der Waals surface area contributed by atoms with Gasteiger partial charge in [0.25, 0.3) is 0 Å². The molecule has 0 aliphatic carbocycles. The van der Waals surface area contributed by atoms with Crippen LogP contribution >= 0.6 is 0 Å². The number of sulfonamides is 1. The van der Waals surface area contributed by atoms with Gasteiger partial charge in [0.15, 0.2) is 0 Å². The van der Waals surface area contributed by atoms with Crippen molar-refractivity contribution in [3.05, 3.63) is 24.3 Å². The molecule has 0 spiro atoms. The van der Waals surface area contributed by atoms with E-state index >= 15 is 0 Å². The molecule has 1 aliphatic heterocycles. The van der Waals surface area contributed by atoms with Gasteiger partial charge < -0.3 is 10.6 Å². The van der Waals surface area contributed by atoms with Crippen molar-refractivity contribution in [2.24, 2.45) is 17.0 Å². The molecule has 0 saturated carbocycles. The van der Waals surface area contributed by atoms with Gasteiger partial charge in [-0.25, -0.2) is 13.6 Å². The molecule has 2 atom stereocenters. The van der Waals surface area contributed by atoms with Crippen LogP contribution in [0.25, 0.3) is 0 Å². The number of nitrogens with one attached hydrogen (secondary N) is 2. The number of amides is 1. The molecule has 1 aromatic rings. The molecule has 6 nitrogen and oxygen atoms in total. The number of anilines is 1. The molecule has 0 bridgehead atoms. The normalized spacial score (nSPS) is 23.3. The second-order valence-corrected chi connectivity index (χ2v) is 6.37. The molecule has 1 aromatic carbocycles. The predicted molar refractivity (Wildman–Crippen MR) is 72.0 cm³/mol. The first-order chi connectivity index (χ1) is 8.88.